The smallest absolute Gasteiger partial charge is 0.271 e. The van der Waals surface area contributed by atoms with E-state index in [0.29, 0.717) is 0 Å². The summed E-state index contributed by atoms with van der Waals surface area (Å²) in [6.07, 6.45) is -4.58. The van der Waals surface area contributed by atoms with Crippen LogP contribution in [0.25, 0.3) is 0 Å². The predicted molar refractivity (Wildman–Crippen MR) is 69.8 cm³/mol. The molecule has 0 N–H and O–H groups in total. The molecule has 0 radical (unpaired) electrons. The number of alkyl halides is 3. The first-order valence-electron chi connectivity index (χ1n) is 6.11. The van der Waals surface area contributed by atoms with Gasteiger partial charge in [-0.3, -0.25) is 4.68 Å². The average molecular weight is 312 g/mol. The van der Waals surface area contributed by atoms with Gasteiger partial charge in [-0.2, -0.15) is 18.3 Å². The largest absolute Gasteiger partial charge is 0.435 e. The van der Waals surface area contributed by atoms with Crippen LogP contribution in [0.1, 0.15) is 39.1 Å². The predicted octanol–water partition coefficient (Wildman–Crippen LogP) is 2.79. The zero-order valence-corrected chi connectivity index (χ0v) is 12.9. The summed E-state index contributed by atoms with van der Waals surface area (Å²) in [6, 6.07) is 0.786. The molecule has 0 saturated heterocycles. The molecule has 0 unspecified atom stereocenters. The fourth-order valence-corrected chi connectivity index (χ4v) is 3.27. The summed E-state index contributed by atoms with van der Waals surface area (Å²) in [5.74, 6) is -0.611. The molecule has 0 atom stereocenters. The summed E-state index contributed by atoms with van der Waals surface area (Å²) in [7, 11) is -2.29. The van der Waals surface area contributed by atoms with E-state index in [2.05, 4.69) is 5.10 Å². The van der Waals surface area contributed by atoms with Gasteiger partial charge in [-0.15, -0.1) is 0 Å². The van der Waals surface area contributed by atoms with Crippen molar-refractivity contribution in [2.75, 3.05) is 0 Å². The van der Waals surface area contributed by atoms with Crippen LogP contribution in [0.2, 0.25) is 0 Å². The van der Waals surface area contributed by atoms with Crippen LogP contribution in [0, 0.1) is 5.92 Å². The van der Waals surface area contributed by atoms with Crippen molar-refractivity contribution in [1.29, 1.82) is 0 Å². The lowest BCUT2D eigenvalue weighted by atomic mass is 10.00. The molecule has 0 aliphatic carbocycles. The summed E-state index contributed by atoms with van der Waals surface area (Å²) in [6.45, 7) is 6.69. The molecule has 0 aromatic carbocycles. The second-order valence-corrected chi connectivity index (χ2v) is 8.23. The van der Waals surface area contributed by atoms with Crippen LogP contribution in [0.3, 0.4) is 0 Å². The average Bonchev–Trinajstić information content (AvgIpc) is 2.58. The SMILES string of the molecule is CC(C)C(C)(C)S(=O)(=O)Cc1cc(C(F)(F)F)nn1C. The Morgan fingerprint density at radius 2 is 1.80 bits per heavy atom. The fourth-order valence-electron chi connectivity index (χ4n) is 1.52. The first kappa shape index (κ1) is 17.0. The number of hydrogen-bond donors (Lipinski definition) is 0. The van der Waals surface area contributed by atoms with Gasteiger partial charge >= 0.3 is 6.18 Å². The van der Waals surface area contributed by atoms with Crippen molar-refractivity contribution in [2.24, 2.45) is 13.0 Å². The molecule has 0 aliphatic rings. The monoisotopic (exact) mass is 312 g/mol. The van der Waals surface area contributed by atoms with Crippen LogP contribution in [0.4, 0.5) is 13.2 Å². The molecule has 1 aromatic rings. The molecule has 1 aromatic heterocycles. The van der Waals surface area contributed by atoms with E-state index in [-0.39, 0.29) is 11.6 Å². The summed E-state index contributed by atoms with van der Waals surface area (Å²) in [5, 5.41) is 3.32. The minimum Gasteiger partial charge on any atom is -0.271 e. The second-order valence-electron chi connectivity index (χ2n) is 5.66. The Bertz CT molecular complexity index is 586. The maximum atomic E-state index is 12.6. The third-order valence-electron chi connectivity index (χ3n) is 3.80. The molecule has 0 spiro atoms. The molecule has 8 heteroatoms. The minimum atomic E-state index is -4.58. The number of nitrogens with zero attached hydrogens (tertiary/aromatic N) is 2. The highest BCUT2D eigenvalue weighted by Gasteiger charge is 2.39. The molecule has 1 heterocycles. The Kier molecular flexibility index (Phi) is 4.29. The van der Waals surface area contributed by atoms with Crippen LogP contribution in [-0.4, -0.2) is 22.9 Å². The normalized spacial score (nSPS) is 14.1. The lowest BCUT2D eigenvalue weighted by Gasteiger charge is -2.28. The molecule has 0 amide bonds. The van der Waals surface area contributed by atoms with Gasteiger partial charge in [0.1, 0.15) is 0 Å². The zero-order valence-electron chi connectivity index (χ0n) is 12.1. The topological polar surface area (TPSA) is 52.0 Å². The molecule has 0 aliphatic heterocycles. The van der Waals surface area contributed by atoms with E-state index in [1.54, 1.807) is 27.7 Å². The van der Waals surface area contributed by atoms with Gasteiger partial charge in [0.25, 0.3) is 0 Å². The Balaban J connectivity index is 3.15. The van der Waals surface area contributed by atoms with Gasteiger partial charge in [-0.1, -0.05) is 13.8 Å². The maximum absolute atomic E-state index is 12.6. The third-order valence-corrected chi connectivity index (χ3v) is 6.55. The summed E-state index contributed by atoms with van der Waals surface area (Å²) < 4.78 is 62.3. The Hall–Kier alpha value is -1.05. The summed E-state index contributed by atoms with van der Waals surface area (Å²) in [5.41, 5.74) is -1.04. The van der Waals surface area contributed by atoms with E-state index in [4.69, 9.17) is 0 Å². The Morgan fingerprint density at radius 1 is 1.30 bits per heavy atom. The molecule has 0 bridgehead atoms. The highest BCUT2D eigenvalue weighted by atomic mass is 32.2. The van der Waals surface area contributed by atoms with Gasteiger partial charge in [0.15, 0.2) is 15.5 Å². The van der Waals surface area contributed by atoms with Crippen molar-refractivity contribution < 1.29 is 21.6 Å². The van der Waals surface area contributed by atoms with Gasteiger partial charge in [-0.25, -0.2) is 8.42 Å². The fraction of sp³-hybridized carbons (Fsp3) is 0.750. The quantitative estimate of drug-likeness (QED) is 0.859. The molecule has 1 rings (SSSR count). The molecule has 0 saturated carbocycles. The van der Waals surface area contributed by atoms with Gasteiger partial charge < -0.3 is 0 Å². The van der Waals surface area contributed by atoms with Gasteiger partial charge in [0.05, 0.1) is 16.2 Å². The van der Waals surface area contributed by atoms with Crippen LogP contribution in [-0.2, 0) is 28.8 Å². The van der Waals surface area contributed by atoms with Crippen molar-refractivity contribution in [2.45, 2.75) is 44.4 Å². The Morgan fingerprint density at radius 3 is 2.15 bits per heavy atom. The lowest BCUT2D eigenvalue weighted by Crippen LogP contribution is -2.38. The third kappa shape index (κ3) is 3.16. The number of aromatic nitrogens is 2. The van der Waals surface area contributed by atoms with Crippen molar-refractivity contribution in [3.63, 3.8) is 0 Å². The number of aryl methyl sites for hydroxylation is 1. The van der Waals surface area contributed by atoms with Crippen molar-refractivity contribution in [3.8, 4) is 0 Å². The van der Waals surface area contributed by atoms with Crippen LogP contribution in [0.5, 0.6) is 0 Å². The van der Waals surface area contributed by atoms with E-state index >= 15 is 0 Å². The molecular formula is C12H19F3N2O2S. The van der Waals surface area contributed by atoms with Crippen LogP contribution >= 0.6 is 0 Å². The van der Waals surface area contributed by atoms with Crippen LogP contribution in [0.15, 0.2) is 6.07 Å². The van der Waals surface area contributed by atoms with E-state index in [1.807, 2.05) is 0 Å². The molecule has 4 nitrogen and oxygen atoms in total. The zero-order chi connectivity index (χ0) is 15.9. The lowest BCUT2D eigenvalue weighted by molar-refractivity contribution is -0.141. The highest BCUT2D eigenvalue weighted by molar-refractivity contribution is 7.92. The first-order chi connectivity index (χ1) is 8.79. The molecule has 116 valence electrons. The highest BCUT2D eigenvalue weighted by Crippen LogP contribution is 2.31. The van der Waals surface area contributed by atoms with Crippen LogP contribution < -0.4 is 0 Å². The number of rotatable bonds is 4. The number of hydrogen-bond acceptors (Lipinski definition) is 3. The standard InChI is InChI=1S/C12H19F3N2O2S/c1-8(2)11(3,4)20(18,19)7-9-6-10(12(13,14)15)16-17(9)5/h6,8H,7H2,1-5H3. The summed E-state index contributed by atoms with van der Waals surface area (Å²) in [4.78, 5) is 0. The van der Waals surface area contributed by atoms with E-state index in [0.717, 1.165) is 10.7 Å². The number of halogens is 3. The van der Waals surface area contributed by atoms with E-state index in [9.17, 15) is 21.6 Å². The first-order valence-corrected chi connectivity index (χ1v) is 7.76. The van der Waals surface area contributed by atoms with E-state index in [1.165, 1.54) is 7.05 Å². The Labute approximate surface area is 116 Å². The van der Waals surface area contributed by atoms with E-state index < -0.39 is 32.2 Å². The van der Waals surface area contributed by atoms with Gasteiger partial charge in [0, 0.05) is 7.05 Å². The molecule has 20 heavy (non-hydrogen) atoms. The van der Waals surface area contributed by atoms with Gasteiger partial charge in [-0.05, 0) is 25.8 Å². The number of sulfone groups is 1. The van der Waals surface area contributed by atoms with Crippen molar-refractivity contribution in [1.82, 2.24) is 9.78 Å². The molecule has 0 fully saturated rings. The minimum absolute atomic E-state index is 0.0334. The van der Waals surface area contributed by atoms with Crippen molar-refractivity contribution >= 4 is 9.84 Å². The second kappa shape index (κ2) is 5.05. The maximum Gasteiger partial charge on any atom is 0.435 e. The van der Waals surface area contributed by atoms with Crippen molar-refractivity contribution in [3.05, 3.63) is 17.5 Å². The summed E-state index contributed by atoms with van der Waals surface area (Å²) >= 11 is 0. The van der Waals surface area contributed by atoms with Gasteiger partial charge in [0.2, 0.25) is 0 Å². The molecular weight excluding hydrogens is 293 g/mol.